The van der Waals surface area contributed by atoms with Gasteiger partial charge < -0.3 is 20.2 Å². The van der Waals surface area contributed by atoms with Crippen LogP contribution in [0.25, 0.3) is 0 Å². The molecule has 6 nitrogen and oxygen atoms in total. The molecule has 2 amide bonds. The van der Waals surface area contributed by atoms with Crippen molar-refractivity contribution in [1.82, 2.24) is 15.1 Å². The minimum atomic E-state index is -0.750. The van der Waals surface area contributed by atoms with Crippen LogP contribution >= 0.6 is 0 Å². The van der Waals surface area contributed by atoms with Gasteiger partial charge in [0.15, 0.2) is 0 Å². The van der Waals surface area contributed by atoms with Gasteiger partial charge in [-0.05, 0) is 57.7 Å². The first-order chi connectivity index (χ1) is 10.1. The Kier molecular flexibility index (Phi) is 6.29. The number of hydrogen-bond acceptors (Lipinski definition) is 3. The van der Waals surface area contributed by atoms with E-state index in [4.69, 9.17) is 5.11 Å². The van der Waals surface area contributed by atoms with E-state index in [0.29, 0.717) is 18.9 Å². The summed E-state index contributed by atoms with van der Waals surface area (Å²) in [6.07, 6.45) is 5.41. The van der Waals surface area contributed by atoms with E-state index in [-0.39, 0.29) is 12.5 Å². The van der Waals surface area contributed by atoms with Gasteiger partial charge in [0.05, 0.1) is 0 Å². The van der Waals surface area contributed by atoms with E-state index in [0.717, 1.165) is 32.5 Å². The standard InChI is InChI=1S/C15H27N3O3/c19-14(20)5-4-13-6-11-18(12-13)15(21)16-7-3-10-17-8-1-2-9-17/h13H,1-12H2,(H,16,21)(H,19,20). The first kappa shape index (κ1) is 16.1. The van der Waals surface area contributed by atoms with Gasteiger partial charge >= 0.3 is 12.0 Å². The Morgan fingerprint density at radius 1 is 1.19 bits per heavy atom. The Morgan fingerprint density at radius 2 is 1.95 bits per heavy atom. The van der Waals surface area contributed by atoms with Crippen molar-refractivity contribution in [2.24, 2.45) is 5.92 Å². The molecular weight excluding hydrogens is 270 g/mol. The Labute approximate surface area is 126 Å². The third-order valence-electron chi connectivity index (χ3n) is 4.47. The maximum atomic E-state index is 12.0. The number of carbonyl (C=O) groups excluding carboxylic acids is 1. The number of aliphatic carboxylic acids is 1. The molecule has 6 heteroatoms. The summed E-state index contributed by atoms with van der Waals surface area (Å²) in [7, 11) is 0. The van der Waals surface area contributed by atoms with Crippen LogP contribution in [0.4, 0.5) is 4.79 Å². The highest BCUT2D eigenvalue weighted by atomic mass is 16.4. The molecule has 1 atom stereocenters. The van der Waals surface area contributed by atoms with Crippen LogP contribution in [0.3, 0.4) is 0 Å². The molecule has 0 aromatic rings. The zero-order chi connectivity index (χ0) is 15.1. The molecule has 0 aliphatic carbocycles. The van der Waals surface area contributed by atoms with E-state index in [9.17, 15) is 9.59 Å². The van der Waals surface area contributed by atoms with Crippen molar-refractivity contribution in [1.29, 1.82) is 0 Å². The smallest absolute Gasteiger partial charge is 0.317 e. The highest BCUT2D eigenvalue weighted by Gasteiger charge is 2.26. The van der Waals surface area contributed by atoms with Crippen LogP contribution in [0.15, 0.2) is 0 Å². The van der Waals surface area contributed by atoms with Gasteiger partial charge in [0.2, 0.25) is 0 Å². The number of carboxylic acids is 1. The molecule has 0 bridgehead atoms. The molecule has 120 valence electrons. The third kappa shape index (κ3) is 5.53. The molecule has 2 heterocycles. The molecule has 0 aromatic carbocycles. The number of nitrogens with one attached hydrogen (secondary N) is 1. The number of amides is 2. The second-order valence-electron chi connectivity index (χ2n) is 6.17. The van der Waals surface area contributed by atoms with E-state index in [1.807, 2.05) is 4.90 Å². The minimum Gasteiger partial charge on any atom is -0.481 e. The Balaban J connectivity index is 1.55. The molecule has 1 unspecified atom stereocenters. The van der Waals surface area contributed by atoms with Gasteiger partial charge in [0.1, 0.15) is 0 Å². The summed E-state index contributed by atoms with van der Waals surface area (Å²) in [4.78, 5) is 26.8. The van der Waals surface area contributed by atoms with Crippen molar-refractivity contribution < 1.29 is 14.7 Å². The molecule has 0 spiro atoms. The molecule has 2 saturated heterocycles. The molecular formula is C15H27N3O3. The lowest BCUT2D eigenvalue weighted by molar-refractivity contribution is -0.137. The Morgan fingerprint density at radius 3 is 2.67 bits per heavy atom. The summed E-state index contributed by atoms with van der Waals surface area (Å²) >= 11 is 0. The zero-order valence-corrected chi connectivity index (χ0v) is 12.7. The summed E-state index contributed by atoms with van der Waals surface area (Å²) < 4.78 is 0. The number of hydrogen-bond donors (Lipinski definition) is 2. The van der Waals surface area contributed by atoms with Crippen molar-refractivity contribution in [3.8, 4) is 0 Å². The van der Waals surface area contributed by atoms with Gasteiger partial charge in [0.25, 0.3) is 0 Å². The fraction of sp³-hybridized carbons (Fsp3) is 0.867. The quantitative estimate of drug-likeness (QED) is 0.696. The van der Waals surface area contributed by atoms with Crippen LogP contribution in [-0.4, -0.2) is 66.2 Å². The molecule has 0 saturated carbocycles. The van der Waals surface area contributed by atoms with E-state index in [2.05, 4.69) is 10.2 Å². The van der Waals surface area contributed by atoms with Crippen LogP contribution in [-0.2, 0) is 4.79 Å². The summed E-state index contributed by atoms with van der Waals surface area (Å²) in [5, 5.41) is 11.7. The lowest BCUT2D eigenvalue weighted by Gasteiger charge is -2.18. The monoisotopic (exact) mass is 297 g/mol. The second-order valence-corrected chi connectivity index (χ2v) is 6.17. The van der Waals surface area contributed by atoms with Gasteiger partial charge in [0, 0.05) is 26.1 Å². The van der Waals surface area contributed by atoms with Crippen LogP contribution in [0, 0.1) is 5.92 Å². The fourth-order valence-electron chi connectivity index (χ4n) is 3.20. The average molecular weight is 297 g/mol. The van der Waals surface area contributed by atoms with Gasteiger partial charge in [-0.1, -0.05) is 0 Å². The molecule has 2 N–H and O–H groups in total. The molecule has 21 heavy (non-hydrogen) atoms. The van der Waals surface area contributed by atoms with Crippen LogP contribution in [0.1, 0.15) is 38.5 Å². The first-order valence-electron chi connectivity index (χ1n) is 8.12. The lowest BCUT2D eigenvalue weighted by Crippen LogP contribution is -2.39. The number of carbonyl (C=O) groups is 2. The first-order valence-corrected chi connectivity index (χ1v) is 8.12. The maximum absolute atomic E-state index is 12.0. The van der Waals surface area contributed by atoms with Gasteiger partial charge in [-0.2, -0.15) is 0 Å². The van der Waals surface area contributed by atoms with Crippen molar-refractivity contribution >= 4 is 12.0 Å². The topological polar surface area (TPSA) is 72.9 Å². The molecule has 2 aliphatic heterocycles. The van der Waals surface area contributed by atoms with Crippen molar-refractivity contribution in [3.63, 3.8) is 0 Å². The van der Waals surface area contributed by atoms with E-state index in [1.54, 1.807) is 0 Å². The summed E-state index contributed by atoms with van der Waals surface area (Å²) in [5.74, 6) is -0.406. The second kappa shape index (κ2) is 8.22. The van der Waals surface area contributed by atoms with Crippen LogP contribution in [0.5, 0.6) is 0 Å². The molecule has 0 radical (unpaired) electrons. The Bertz CT molecular complexity index is 356. The minimum absolute atomic E-state index is 0.00856. The van der Waals surface area contributed by atoms with Crippen LogP contribution < -0.4 is 5.32 Å². The molecule has 2 aliphatic rings. The number of nitrogens with zero attached hydrogens (tertiary/aromatic N) is 2. The highest BCUT2D eigenvalue weighted by Crippen LogP contribution is 2.20. The average Bonchev–Trinajstić information content (AvgIpc) is 3.12. The molecule has 2 rings (SSSR count). The van der Waals surface area contributed by atoms with Gasteiger partial charge in [-0.25, -0.2) is 4.79 Å². The fourth-order valence-corrected chi connectivity index (χ4v) is 3.20. The molecule has 0 aromatic heterocycles. The van der Waals surface area contributed by atoms with Crippen LogP contribution in [0.2, 0.25) is 0 Å². The maximum Gasteiger partial charge on any atom is 0.317 e. The normalized spacial score (nSPS) is 22.7. The van der Waals surface area contributed by atoms with Crippen molar-refractivity contribution in [3.05, 3.63) is 0 Å². The SMILES string of the molecule is O=C(O)CCC1CCN(C(=O)NCCCN2CCCC2)C1. The highest BCUT2D eigenvalue weighted by molar-refractivity contribution is 5.74. The largest absolute Gasteiger partial charge is 0.481 e. The van der Waals surface area contributed by atoms with E-state index in [1.165, 1.54) is 25.9 Å². The third-order valence-corrected chi connectivity index (χ3v) is 4.47. The number of rotatable bonds is 7. The summed E-state index contributed by atoms with van der Waals surface area (Å²) in [6, 6.07) is 0.00856. The number of urea groups is 1. The predicted octanol–water partition coefficient (Wildman–Crippen LogP) is 1.37. The van der Waals surface area contributed by atoms with Gasteiger partial charge in [-0.3, -0.25) is 4.79 Å². The van der Waals surface area contributed by atoms with Crippen molar-refractivity contribution in [2.45, 2.75) is 38.5 Å². The van der Waals surface area contributed by atoms with E-state index < -0.39 is 5.97 Å². The summed E-state index contributed by atoms with van der Waals surface area (Å²) in [6.45, 7) is 5.65. The predicted molar refractivity (Wildman–Crippen MR) is 80.2 cm³/mol. The van der Waals surface area contributed by atoms with Crippen molar-refractivity contribution in [2.75, 3.05) is 39.3 Å². The lowest BCUT2D eigenvalue weighted by atomic mass is 10.0. The number of carboxylic acid groups (broad SMARTS) is 1. The number of likely N-dealkylation sites (tertiary alicyclic amines) is 2. The Hall–Kier alpha value is -1.30. The summed E-state index contributed by atoms with van der Waals surface area (Å²) in [5.41, 5.74) is 0. The van der Waals surface area contributed by atoms with E-state index >= 15 is 0 Å². The van der Waals surface area contributed by atoms with Gasteiger partial charge in [-0.15, -0.1) is 0 Å². The zero-order valence-electron chi connectivity index (χ0n) is 12.7. The molecule has 2 fully saturated rings.